The van der Waals surface area contributed by atoms with E-state index in [0.29, 0.717) is 19.0 Å². The number of benzene rings is 1. The SMILES string of the molecule is COCCNCc1c(Oc2ccccc2)nc2sccn12. The molecule has 21 heavy (non-hydrogen) atoms. The molecule has 0 saturated carbocycles. The van der Waals surface area contributed by atoms with Gasteiger partial charge in [-0.3, -0.25) is 4.40 Å². The fraction of sp³-hybridized carbons (Fsp3) is 0.267. The molecule has 0 saturated heterocycles. The predicted molar refractivity (Wildman–Crippen MR) is 83.2 cm³/mol. The molecule has 0 aliphatic rings. The molecule has 0 bridgehead atoms. The van der Waals surface area contributed by atoms with Crippen LogP contribution >= 0.6 is 11.3 Å². The van der Waals surface area contributed by atoms with Crippen LogP contribution in [0.2, 0.25) is 0 Å². The van der Waals surface area contributed by atoms with Crippen LogP contribution in [0, 0.1) is 0 Å². The van der Waals surface area contributed by atoms with Crippen LogP contribution in [0.3, 0.4) is 0 Å². The zero-order valence-electron chi connectivity index (χ0n) is 11.8. The lowest BCUT2D eigenvalue weighted by Gasteiger charge is -2.07. The van der Waals surface area contributed by atoms with E-state index in [1.54, 1.807) is 18.4 Å². The fourth-order valence-electron chi connectivity index (χ4n) is 2.04. The van der Waals surface area contributed by atoms with Crippen LogP contribution in [0.15, 0.2) is 41.9 Å². The molecule has 0 aliphatic carbocycles. The van der Waals surface area contributed by atoms with Gasteiger partial charge in [-0.2, -0.15) is 4.98 Å². The number of imidazole rings is 1. The van der Waals surface area contributed by atoms with Crippen LogP contribution in [0.4, 0.5) is 0 Å². The minimum atomic E-state index is 0.651. The third-order valence-corrected chi connectivity index (χ3v) is 3.81. The molecule has 0 amide bonds. The molecular formula is C15H17N3O2S. The summed E-state index contributed by atoms with van der Waals surface area (Å²) in [4.78, 5) is 5.49. The van der Waals surface area contributed by atoms with E-state index in [1.807, 2.05) is 41.9 Å². The second-order valence-electron chi connectivity index (χ2n) is 4.50. The second-order valence-corrected chi connectivity index (χ2v) is 5.38. The quantitative estimate of drug-likeness (QED) is 0.682. The first-order valence-corrected chi connectivity index (χ1v) is 7.63. The van der Waals surface area contributed by atoms with Crippen LogP contribution in [0.25, 0.3) is 4.96 Å². The number of para-hydroxylation sites is 1. The Kier molecular flexibility index (Phi) is 4.49. The molecule has 2 heterocycles. The number of hydrogen-bond acceptors (Lipinski definition) is 5. The van der Waals surface area contributed by atoms with Gasteiger partial charge in [-0.15, -0.1) is 11.3 Å². The number of thiazole rings is 1. The molecule has 0 unspecified atom stereocenters. The van der Waals surface area contributed by atoms with E-state index in [0.717, 1.165) is 22.9 Å². The van der Waals surface area contributed by atoms with Crippen molar-refractivity contribution in [1.29, 1.82) is 0 Å². The summed E-state index contributed by atoms with van der Waals surface area (Å²) in [6, 6.07) is 9.71. The van der Waals surface area contributed by atoms with Crippen molar-refractivity contribution in [3.8, 4) is 11.6 Å². The van der Waals surface area contributed by atoms with Gasteiger partial charge < -0.3 is 14.8 Å². The number of hydrogen-bond donors (Lipinski definition) is 1. The van der Waals surface area contributed by atoms with Crippen molar-refractivity contribution in [2.45, 2.75) is 6.54 Å². The van der Waals surface area contributed by atoms with Crippen LogP contribution in [-0.4, -0.2) is 29.6 Å². The smallest absolute Gasteiger partial charge is 0.243 e. The lowest BCUT2D eigenvalue weighted by molar-refractivity contribution is 0.199. The summed E-state index contributed by atoms with van der Waals surface area (Å²) >= 11 is 1.60. The molecule has 3 rings (SSSR count). The standard InChI is InChI=1S/C15H17N3O2S/c1-19-9-7-16-11-13-14(17-15-18(13)8-10-21-15)20-12-5-3-2-4-6-12/h2-6,8,10,16H,7,9,11H2,1H3. The Balaban J connectivity index is 1.81. The Morgan fingerprint density at radius 1 is 1.29 bits per heavy atom. The largest absolute Gasteiger partial charge is 0.437 e. The molecule has 1 aromatic carbocycles. The molecule has 0 radical (unpaired) electrons. The summed E-state index contributed by atoms with van der Waals surface area (Å²) in [7, 11) is 1.70. The highest BCUT2D eigenvalue weighted by molar-refractivity contribution is 7.15. The predicted octanol–water partition coefficient (Wildman–Crippen LogP) is 2.92. The maximum atomic E-state index is 5.91. The molecule has 3 aromatic rings. The average molecular weight is 303 g/mol. The Morgan fingerprint density at radius 2 is 2.14 bits per heavy atom. The van der Waals surface area contributed by atoms with Gasteiger partial charge in [0.25, 0.3) is 0 Å². The van der Waals surface area contributed by atoms with Crippen molar-refractivity contribution in [2.24, 2.45) is 0 Å². The van der Waals surface area contributed by atoms with Gasteiger partial charge in [0.05, 0.1) is 6.61 Å². The highest BCUT2D eigenvalue weighted by Crippen LogP contribution is 2.27. The highest BCUT2D eigenvalue weighted by atomic mass is 32.1. The van der Waals surface area contributed by atoms with E-state index in [-0.39, 0.29) is 0 Å². The normalized spacial score (nSPS) is 11.1. The molecule has 0 atom stereocenters. The maximum absolute atomic E-state index is 5.91. The zero-order valence-corrected chi connectivity index (χ0v) is 12.6. The summed E-state index contributed by atoms with van der Waals surface area (Å²) in [6.45, 7) is 2.16. The summed E-state index contributed by atoms with van der Waals surface area (Å²) in [5, 5.41) is 5.36. The first-order chi connectivity index (χ1) is 10.4. The van der Waals surface area contributed by atoms with E-state index >= 15 is 0 Å². The van der Waals surface area contributed by atoms with Crippen LogP contribution in [-0.2, 0) is 11.3 Å². The molecule has 0 aliphatic heterocycles. The van der Waals surface area contributed by atoms with Crippen LogP contribution in [0.5, 0.6) is 11.6 Å². The summed E-state index contributed by atoms with van der Waals surface area (Å²) in [5.74, 6) is 1.44. The molecule has 0 fully saturated rings. The lowest BCUT2D eigenvalue weighted by Crippen LogP contribution is -2.19. The van der Waals surface area contributed by atoms with Crippen LogP contribution in [0.1, 0.15) is 5.69 Å². The molecule has 5 nitrogen and oxygen atoms in total. The van der Waals surface area contributed by atoms with Gasteiger partial charge in [-0.05, 0) is 12.1 Å². The number of aromatic nitrogens is 2. The topological polar surface area (TPSA) is 47.8 Å². The number of ether oxygens (including phenoxy) is 2. The van der Waals surface area contributed by atoms with Crippen molar-refractivity contribution in [2.75, 3.05) is 20.3 Å². The Labute approximate surface area is 127 Å². The van der Waals surface area contributed by atoms with Gasteiger partial charge in [0.15, 0.2) is 4.96 Å². The summed E-state index contributed by atoms with van der Waals surface area (Å²) in [6.07, 6.45) is 2.01. The van der Waals surface area contributed by atoms with Gasteiger partial charge in [0.2, 0.25) is 5.88 Å². The third kappa shape index (κ3) is 3.24. The van der Waals surface area contributed by atoms with Crippen molar-refractivity contribution >= 4 is 16.3 Å². The molecule has 110 valence electrons. The number of fused-ring (bicyclic) bond motifs is 1. The second kappa shape index (κ2) is 6.71. The zero-order chi connectivity index (χ0) is 14.5. The monoisotopic (exact) mass is 303 g/mol. The summed E-state index contributed by atoms with van der Waals surface area (Å²) < 4.78 is 13.0. The molecule has 2 aromatic heterocycles. The van der Waals surface area contributed by atoms with Gasteiger partial charge in [0.1, 0.15) is 11.4 Å². The average Bonchev–Trinajstić information content (AvgIpc) is 3.07. The number of nitrogens with one attached hydrogen (secondary N) is 1. The Bertz CT molecular complexity index is 693. The minimum Gasteiger partial charge on any atom is -0.437 e. The number of methoxy groups -OCH3 is 1. The summed E-state index contributed by atoms with van der Waals surface area (Å²) in [5.41, 5.74) is 1.02. The van der Waals surface area contributed by atoms with Crippen molar-refractivity contribution in [3.63, 3.8) is 0 Å². The van der Waals surface area contributed by atoms with Gasteiger partial charge in [-0.1, -0.05) is 18.2 Å². The van der Waals surface area contributed by atoms with Crippen LogP contribution < -0.4 is 10.1 Å². The van der Waals surface area contributed by atoms with Gasteiger partial charge in [0, 0.05) is 31.8 Å². The van der Waals surface area contributed by atoms with Crippen molar-refractivity contribution < 1.29 is 9.47 Å². The molecule has 6 heteroatoms. The van der Waals surface area contributed by atoms with Crippen molar-refractivity contribution in [3.05, 3.63) is 47.6 Å². The first-order valence-electron chi connectivity index (χ1n) is 6.75. The van der Waals surface area contributed by atoms with E-state index in [9.17, 15) is 0 Å². The van der Waals surface area contributed by atoms with Gasteiger partial charge in [-0.25, -0.2) is 0 Å². The number of nitrogens with zero attached hydrogens (tertiary/aromatic N) is 2. The first kappa shape index (κ1) is 14.1. The van der Waals surface area contributed by atoms with E-state index in [1.165, 1.54) is 0 Å². The highest BCUT2D eigenvalue weighted by Gasteiger charge is 2.14. The van der Waals surface area contributed by atoms with E-state index < -0.39 is 0 Å². The molecule has 1 N–H and O–H groups in total. The van der Waals surface area contributed by atoms with Gasteiger partial charge >= 0.3 is 0 Å². The molecule has 0 spiro atoms. The number of rotatable bonds is 7. The van der Waals surface area contributed by atoms with E-state index in [4.69, 9.17) is 9.47 Å². The lowest BCUT2D eigenvalue weighted by atomic mass is 10.3. The minimum absolute atomic E-state index is 0.651. The Hall–Kier alpha value is -1.89. The molecular weight excluding hydrogens is 286 g/mol. The Morgan fingerprint density at radius 3 is 2.95 bits per heavy atom. The third-order valence-electron chi connectivity index (χ3n) is 3.06. The maximum Gasteiger partial charge on any atom is 0.243 e. The van der Waals surface area contributed by atoms with Crippen molar-refractivity contribution in [1.82, 2.24) is 14.7 Å². The fourth-order valence-corrected chi connectivity index (χ4v) is 2.76. The van der Waals surface area contributed by atoms with E-state index in [2.05, 4.69) is 14.7 Å².